The third-order valence-corrected chi connectivity index (χ3v) is 2.26. The Hall–Kier alpha value is -0.570. The molecule has 0 radical (unpaired) electrons. The van der Waals surface area contributed by atoms with Crippen molar-refractivity contribution in [1.82, 2.24) is 0 Å². The summed E-state index contributed by atoms with van der Waals surface area (Å²) in [5.74, 6) is -0.211. The van der Waals surface area contributed by atoms with Gasteiger partial charge in [-0.15, -0.1) is 0 Å². The Balaban J connectivity index is 0. The van der Waals surface area contributed by atoms with Crippen LogP contribution < -0.4 is 0 Å². The van der Waals surface area contributed by atoms with Gasteiger partial charge < -0.3 is 9.47 Å². The van der Waals surface area contributed by atoms with Gasteiger partial charge in [0, 0.05) is 13.5 Å². The van der Waals surface area contributed by atoms with Crippen LogP contribution in [-0.2, 0) is 14.3 Å². The van der Waals surface area contributed by atoms with Crippen LogP contribution in [0.2, 0.25) is 0 Å². The molecule has 0 bridgehead atoms. The smallest absolute Gasteiger partial charge is 0.302 e. The normalized spacial score (nSPS) is 11.4. The first-order valence-corrected chi connectivity index (χ1v) is 6.83. The minimum absolute atomic E-state index is 0.211. The number of carbonyl (C=O) groups excluding carboxylic acids is 1. The van der Waals surface area contributed by atoms with E-state index in [1.807, 2.05) is 0 Å². The average Bonchev–Trinajstić information content (AvgIpc) is 2.25. The van der Waals surface area contributed by atoms with Crippen molar-refractivity contribution in [2.75, 3.05) is 13.2 Å². The summed E-state index contributed by atoms with van der Waals surface area (Å²) in [6, 6.07) is 0. The van der Waals surface area contributed by atoms with Crippen molar-refractivity contribution in [2.24, 2.45) is 0 Å². The van der Waals surface area contributed by atoms with Crippen LogP contribution in [-0.4, -0.2) is 25.3 Å². The van der Waals surface area contributed by atoms with Gasteiger partial charge in [-0.2, -0.15) is 0 Å². The maximum absolute atomic E-state index is 9.82. The molecule has 0 spiro atoms. The second-order valence-electron chi connectivity index (χ2n) is 4.04. The molecule has 0 aromatic carbocycles. The van der Waals surface area contributed by atoms with Gasteiger partial charge in [0.25, 0.3) is 0 Å². The summed E-state index contributed by atoms with van der Waals surface area (Å²) in [7, 11) is 0. The summed E-state index contributed by atoms with van der Waals surface area (Å²) in [5.41, 5.74) is 0. The first-order chi connectivity index (χ1) is 8.08. The van der Waals surface area contributed by atoms with Crippen LogP contribution in [0.5, 0.6) is 0 Å². The molecule has 0 N–H and O–H groups in total. The zero-order valence-corrected chi connectivity index (χ0v) is 12.3. The Labute approximate surface area is 107 Å². The number of carbonyl (C=O) groups is 1. The summed E-state index contributed by atoms with van der Waals surface area (Å²) in [5, 5.41) is 0. The van der Waals surface area contributed by atoms with Crippen LogP contribution in [0.3, 0.4) is 0 Å². The molecule has 1 unspecified atom stereocenters. The molecule has 0 aromatic rings. The summed E-state index contributed by atoms with van der Waals surface area (Å²) >= 11 is 0. The number of unbranched alkanes of at least 4 members (excludes halogenated alkanes) is 3. The molecule has 0 saturated heterocycles. The van der Waals surface area contributed by atoms with Crippen molar-refractivity contribution in [3.05, 3.63) is 0 Å². The lowest BCUT2D eigenvalue weighted by atomic mass is 10.1. The van der Waals surface area contributed by atoms with E-state index in [9.17, 15) is 4.79 Å². The Morgan fingerprint density at radius 2 is 1.71 bits per heavy atom. The quantitative estimate of drug-likeness (QED) is 0.480. The molecule has 3 heteroatoms. The lowest BCUT2D eigenvalue weighted by Gasteiger charge is -2.10. The topological polar surface area (TPSA) is 35.5 Å². The van der Waals surface area contributed by atoms with Crippen LogP contribution >= 0.6 is 0 Å². The second-order valence-corrected chi connectivity index (χ2v) is 4.04. The van der Waals surface area contributed by atoms with E-state index in [0.29, 0.717) is 12.7 Å². The van der Waals surface area contributed by atoms with Gasteiger partial charge in [-0.1, -0.05) is 32.6 Å². The van der Waals surface area contributed by atoms with Gasteiger partial charge in [-0.25, -0.2) is 0 Å². The van der Waals surface area contributed by atoms with Gasteiger partial charge in [0.15, 0.2) is 0 Å². The highest BCUT2D eigenvalue weighted by Gasteiger charge is 1.98. The fraction of sp³-hybridized carbons (Fsp3) is 0.929. The summed E-state index contributed by atoms with van der Waals surface area (Å²) in [6.07, 6.45) is 7.09. The first-order valence-electron chi connectivity index (χ1n) is 6.83. The van der Waals surface area contributed by atoms with E-state index >= 15 is 0 Å². The monoisotopic (exact) mass is 246 g/mol. The molecule has 0 fully saturated rings. The molecule has 0 saturated carbocycles. The van der Waals surface area contributed by atoms with E-state index < -0.39 is 0 Å². The molecule has 0 aliphatic carbocycles. The number of esters is 1. The van der Waals surface area contributed by atoms with Gasteiger partial charge in [-0.05, 0) is 27.2 Å². The number of rotatable bonds is 8. The molecular weight excluding hydrogens is 216 g/mol. The Morgan fingerprint density at radius 1 is 1.06 bits per heavy atom. The van der Waals surface area contributed by atoms with Crippen molar-refractivity contribution < 1.29 is 14.3 Å². The third kappa shape index (κ3) is 21.3. The molecule has 0 aliphatic heterocycles. The van der Waals surface area contributed by atoms with Crippen LogP contribution in [0.1, 0.15) is 66.7 Å². The predicted octanol–water partition coefficient (Wildman–Crippen LogP) is 3.95. The fourth-order valence-corrected chi connectivity index (χ4v) is 1.43. The number of hydrogen-bond acceptors (Lipinski definition) is 3. The molecule has 0 aliphatic rings. The van der Waals surface area contributed by atoms with Crippen molar-refractivity contribution in [2.45, 2.75) is 72.8 Å². The second kappa shape index (κ2) is 15.4. The van der Waals surface area contributed by atoms with Crippen LogP contribution in [0, 0.1) is 0 Å². The SMILES string of the molecule is CCCCCCC(C)OCC.CCOC(C)=O. The van der Waals surface area contributed by atoms with Crippen molar-refractivity contribution in [3.63, 3.8) is 0 Å². The lowest BCUT2D eigenvalue weighted by Crippen LogP contribution is -2.07. The molecule has 3 nitrogen and oxygen atoms in total. The molecule has 104 valence electrons. The highest BCUT2D eigenvalue weighted by atomic mass is 16.5. The molecule has 17 heavy (non-hydrogen) atoms. The zero-order valence-electron chi connectivity index (χ0n) is 12.3. The number of ether oxygens (including phenoxy) is 2. The van der Waals surface area contributed by atoms with Crippen LogP contribution in [0.25, 0.3) is 0 Å². The highest BCUT2D eigenvalue weighted by molar-refractivity contribution is 5.65. The van der Waals surface area contributed by atoms with Crippen LogP contribution in [0.4, 0.5) is 0 Å². The zero-order chi connectivity index (χ0) is 13.5. The van der Waals surface area contributed by atoms with E-state index in [4.69, 9.17) is 4.74 Å². The molecule has 1 atom stereocenters. The summed E-state index contributed by atoms with van der Waals surface area (Å²) < 4.78 is 9.82. The Bertz CT molecular complexity index is 158. The maximum Gasteiger partial charge on any atom is 0.302 e. The van der Waals surface area contributed by atoms with Crippen LogP contribution in [0.15, 0.2) is 0 Å². The molecule has 0 rings (SSSR count). The number of hydrogen-bond donors (Lipinski definition) is 0. The molecule has 0 aromatic heterocycles. The highest BCUT2D eigenvalue weighted by Crippen LogP contribution is 2.07. The maximum atomic E-state index is 9.82. The van der Waals surface area contributed by atoms with Gasteiger partial charge >= 0.3 is 5.97 Å². The van der Waals surface area contributed by atoms with E-state index in [1.165, 1.54) is 39.0 Å². The van der Waals surface area contributed by atoms with E-state index in [0.717, 1.165) is 6.61 Å². The Kier molecular flexibility index (Phi) is 17.1. The van der Waals surface area contributed by atoms with E-state index in [1.54, 1.807) is 6.92 Å². The van der Waals surface area contributed by atoms with Gasteiger partial charge in [0.05, 0.1) is 12.7 Å². The minimum Gasteiger partial charge on any atom is -0.466 e. The van der Waals surface area contributed by atoms with Crippen molar-refractivity contribution >= 4 is 5.97 Å². The molecule has 0 heterocycles. The van der Waals surface area contributed by atoms with E-state index in [2.05, 4.69) is 25.5 Å². The summed E-state index contributed by atoms with van der Waals surface area (Å²) in [4.78, 5) is 9.82. The third-order valence-electron chi connectivity index (χ3n) is 2.26. The predicted molar refractivity (Wildman–Crippen MR) is 72.2 cm³/mol. The summed E-state index contributed by atoms with van der Waals surface area (Å²) in [6.45, 7) is 11.0. The van der Waals surface area contributed by atoms with Gasteiger partial charge in [0.1, 0.15) is 0 Å². The molecular formula is C14H30O3. The first kappa shape index (κ1) is 18.8. The van der Waals surface area contributed by atoms with Crippen molar-refractivity contribution in [1.29, 1.82) is 0 Å². The molecule has 0 amide bonds. The van der Waals surface area contributed by atoms with Gasteiger partial charge in [-0.3, -0.25) is 4.79 Å². The largest absolute Gasteiger partial charge is 0.466 e. The minimum atomic E-state index is -0.211. The fourth-order valence-electron chi connectivity index (χ4n) is 1.43. The standard InChI is InChI=1S/C10H22O.C4H8O2/c1-4-6-7-8-9-10(3)11-5-2;1-3-6-4(2)5/h10H,4-9H2,1-3H3;3H2,1-2H3. The average molecular weight is 246 g/mol. The van der Waals surface area contributed by atoms with Crippen molar-refractivity contribution in [3.8, 4) is 0 Å². The Morgan fingerprint density at radius 3 is 2.06 bits per heavy atom. The lowest BCUT2D eigenvalue weighted by molar-refractivity contribution is -0.140. The van der Waals surface area contributed by atoms with Gasteiger partial charge in [0.2, 0.25) is 0 Å². The van der Waals surface area contributed by atoms with E-state index in [-0.39, 0.29) is 5.97 Å².